The molecule has 0 aromatic heterocycles. The SMILES string of the molecule is C[C@H](C(=O)NC(C)(C)C)N(Cc1ccccc1)C(=O)CCSc1ccccc1. The molecular weight excluding hydrogens is 368 g/mol. The minimum absolute atomic E-state index is 0.0103. The Kier molecular flexibility index (Phi) is 8.12. The number of rotatable bonds is 8. The average molecular weight is 399 g/mol. The summed E-state index contributed by atoms with van der Waals surface area (Å²) in [5.41, 5.74) is 0.678. The molecule has 2 rings (SSSR count). The Balaban J connectivity index is 2.05. The van der Waals surface area contributed by atoms with Crippen molar-refractivity contribution < 1.29 is 9.59 Å². The van der Waals surface area contributed by atoms with E-state index in [0.29, 0.717) is 18.7 Å². The van der Waals surface area contributed by atoms with Crippen LogP contribution in [0.15, 0.2) is 65.6 Å². The van der Waals surface area contributed by atoms with E-state index in [1.807, 2.05) is 81.4 Å². The molecule has 0 aliphatic rings. The summed E-state index contributed by atoms with van der Waals surface area (Å²) in [5, 5.41) is 2.98. The molecule has 0 heterocycles. The van der Waals surface area contributed by atoms with E-state index in [9.17, 15) is 9.59 Å². The first-order valence-electron chi connectivity index (χ1n) is 9.59. The van der Waals surface area contributed by atoms with Gasteiger partial charge in [0.05, 0.1) is 0 Å². The average Bonchev–Trinajstić information content (AvgIpc) is 2.66. The first kappa shape index (κ1) is 22.0. The molecule has 1 atom stereocenters. The van der Waals surface area contributed by atoms with Gasteiger partial charge in [-0.15, -0.1) is 11.8 Å². The molecular formula is C23H30N2O2S. The van der Waals surface area contributed by atoms with Gasteiger partial charge in [0.2, 0.25) is 11.8 Å². The summed E-state index contributed by atoms with van der Waals surface area (Å²) < 4.78 is 0. The molecule has 28 heavy (non-hydrogen) atoms. The van der Waals surface area contributed by atoms with Crippen molar-refractivity contribution in [2.75, 3.05) is 5.75 Å². The van der Waals surface area contributed by atoms with Crippen LogP contribution in [0.3, 0.4) is 0 Å². The lowest BCUT2D eigenvalue weighted by atomic mass is 10.1. The molecule has 0 spiro atoms. The van der Waals surface area contributed by atoms with Gasteiger partial charge in [0.15, 0.2) is 0 Å². The van der Waals surface area contributed by atoms with Crippen molar-refractivity contribution in [3.8, 4) is 0 Å². The van der Waals surface area contributed by atoms with Gasteiger partial charge in [-0.3, -0.25) is 9.59 Å². The monoisotopic (exact) mass is 398 g/mol. The summed E-state index contributed by atoms with van der Waals surface area (Å²) in [4.78, 5) is 28.5. The number of hydrogen-bond acceptors (Lipinski definition) is 3. The predicted octanol–water partition coefficient (Wildman–Crippen LogP) is 4.50. The standard InChI is InChI=1S/C23H30N2O2S/c1-18(22(27)24-23(2,3)4)25(17-19-11-7-5-8-12-19)21(26)15-16-28-20-13-9-6-10-14-20/h5-14,18H,15-17H2,1-4H3,(H,24,27)/t18-/m1/s1. The quantitative estimate of drug-likeness (QED) is 0.666. The Morgan fingerprint density at radius 3 is 2.14 bits per heavy atom. The molecule has 0 aliphatic carbocycles. The maximum absolute atomic E-state index is 13.0. The number of thioether (sulfide) groups is 1. The summed E-state index contributed by atoms with van der Waals surface area (Å²) in [6, 6.07) is 19.3. The van der Waals surface area contributed by atoms with Crippen molar-refractivity contribution in [3.63, 3.8) is 0 Å². The number of nitrogens with one attached hydrogen (secondary N) is 1. The van der Waals surface area contributed by atoms with Crippen LogP contribution in [0.5, 0.6) is 0 Å². The van der Waals surface area contributed by atoms with Gasteiger partial charge in [-0.05, 0) is 45.4 Å². The fraction of sp³-hybridized carbons (Fsp3) is 0.391. The number of amides is 2. The van der Waals surface area contributed by atoms with Crippen LogP contribution in [-0.4, -0.2) is 34.0 Å². The zero-order valence-electron chi connectivity index (χ0n) is 17.1. The molecule has 0 radical (unpaired) electrons. The van der Waals surface area contributed by atoms with Crippen molar-refractivity contribution in [2.45, 2.75) is 57.1 Å². The van der Waals surface area contributed by atoms with Crippen LogP contribution in [-0.2, 0) is 16.1 Å². The van der Waals surface area contributed by atoms with Crippen LogP contribution >= 0.6 is 11.8 Å². The number of nitrogens with zero attached hydrogens (tertiary/aromatic N) is 1. The predicted molar refractivity (Wildman–Crippen MR) is 116 cm³/mol. The molecule has 2 aromatic carbocycles. The molecule has 2 amide bonds. The van der Waals surface area contributed by atoms with Gasteiger partial charge in [-0.2, -0.15) is 0 Å². The summed E-state index contributed by atoms with van der Waals surface area (Å²) >= 11 is 1.65. The van der Waals surface area contributed by atoms with E-state index in [-0.39, 0.29) is 17.4 Å². The second-order valence-electron chi connectivity index (χ2n) is 7.83. The van der Waals surface area contributed by atoms with Crippen molar-refractivity contribution in [1.82, 2.24) is 10.2 Å². The maximum Gasteiger partial charge on any atom is 0.242 e. The number of carbonyl (C=O) groups excluding carboxylic acids is 2. The number of benzene rings is 2. The molecule has 150 valence electrons. The maximum atomic E-state index is 13.0. The Hall–Kier alpha value is -2.27. The van der Waals surface area contributed by atoms with E-state index in [4.69, 9.17) is 0 Å². The highest BCUT2D eigenvalue weighted by molar-refractivity contribution is 7.99. The normalized spacial score (nSPS) is 12.3. The van der Waals surface area contributed by atoms with Crippen LogP contribution in [0, 0.1) is 0 Å². The Morgan fingerprint density at radius 2 is 1.57 bits per heavy atom. The van der Waals surface area contributed by atoms with Gasteiger partial charge >= 0.3 is 0 Å². The van der Waals surface area contributed by atoms with Crippen molar-refractivity contribution >= 4 is 23.6 Å². The van der Waals surface area contributed by atoms with E-state index in [1.165, 1.54) is 0 Å². The van der Waals surface area contributed by atoms with E-state index in [1.54, 1.807) is 23.6 Å². The van der Waals surface area contributed by atoms with Gasteiger partial charge in [-0.25, -0.2) is 0 Å². The lowest BCUT2D eigenvalue weighted by molar-refractivity contribution is -0.140. The van der Waals surface area contributed by atoms with Crippen LogP contribution in [0.25, 0.3) is 0 Å². The van der Waals surface area contributed by atoms with Gasteiger partial charge in [0.25, 0.3) is 0 Å². The van der Waals surface area contributed by atoms with E-state index >= 15 is 0 Å². The van der Waals surface area contributed by atoms with Gasteiger partial charge in [0.1, 0.15) is 6.04 Å². The number of carbonyl (C=O) groups is 2. The van der Waals surface area contributed by atoms with E-state index < -0.39 is 6.04 Å². The molecule has 0 fully saturated rings. The van der Waals surface area contributed by atoms with Crippen molar-refractivity contribution in [1.29, 1.82) is 0 Å². The third kappa shape index (κ3) is 7.39. The van der Waals surface area contributed by atoms with Crippen molar-refractivity contribution in [3.05, 3.63) is 66.2 Å². The molecule has 0 unspecified atom stereocenters. The van der Waals surface area contributed by atoms with Crippen LogP contribution < -0.4 is 5.32 Å². The largest absolute Gasteiger partial charge is 0.350 e. The van der Waals surface area contributed by atoms with Gasteiger partial charge in [-0.1, -0.05) is 48.5 Å². The Bertz CT molecular complexity index is 757. The molecule has 4 nitrogen and oxygen atoms in total. The minimum atomic E-state index is -0.534. The van der Waals surface area contributed by atoms with Crippen molar-refractivity contribution in [2.24, 2.45) is 0 Å². The molecule has 0 saturated heterocycles. The highest BCUT2D eigenvalue weighted by Crippen LogP contribution is 2.19. The summed E-state index contributed by atoms with van der Waals surface area (Å²) in [5.74, 6) is 0.540. The van der Waals surface area contributed by atoms with E-state index in [2.05, 4.69) is 5.32 Å². The third-order valence-electron chi connectivity index (χ3n) is 4.19. The zero-order valence-corrected chi connectivity index (χ0v) is 18.0. The molecule has 2 aromatic rings. The van der Waals surface area contributed by atoms with Crippen LogP contribution in [0.2, 0.25) is 0 Å². The topological polar surface area (TPSA) is 49.4 Å². The fourth-order valence-electron chi connectivity index (χ4n) is 2.75. The Labute approximate surface area is 172 Å². The Morgan fingerprint density at radius 1 is 1.00 bits per heavy atom. The van der Waals surface area contributed by atoms with Crippen LogP contribution in [0.4, 0.5) is 0 Å². The fourth-order valence-corrected chi connectivity index (χ4v) is 3.62. The van der Waals surface area contributed by atoms with Gasteiger partial charge < -0.3 is 10.2 Å². The summed E-state index contributed by atoms with van der Waals surface area (Å²) in [6.45, 7) is 8.05. The number of hydrogen-bond donors (Lipinski definition) is 1. The highest BCUT2D eigenvalue weighted by atomic mass is 32.2. The first-order valence-corrected chi connectivity index (χ1v) is 10.6. The first-order chi connectivity index (χ1) is 13.3. The van der Waals surface area contributed by atoms with Gasteiger partial charge in [0, 0.05) is 29.2 Å². The molecule has 0 aliphatic heterocycles. The second kappa shape index (κ2) is 10.3. The third-order valence-corrected chi connectivity index (χ3v) is 5.20. The van der Waals surface area contributed by atoms with Crippen LogP contribution in [0.1, 0.15) is 39.7 Å². The molecule has 5 heteroatoms. The lowest BCUT2D eigenvalue weighted by Gasteiger charge is -2.31. The smallest absolute Gasteiger partial charge is 0.242 e. The van der Waals surface area contributed by atoms with E-state index in [0.717, 1.165) is 10.5 Å². The summed E-state index contributed by atoms with van der Waals surface area (Å²) in [7, 11) is 0. The zero-order chi connectivity index (χ0) is 20.6. The molecule has 1 N–H and O–H groups in total. The lowest BCUT2D eigenvalue weighted by Crippen LogP contribution is -2.52. The molecule has 0 bridgehead atoms. The summed E-state index contributed by atoms with van der Waals surface area (Å²) in [6.07, 6.45) is 0.388. The second-order valence-corrected chi connectivity index (χ2v) is 9.00. The highest BCUT2D eigenvalue weighted by Gasteiger charge is 2.28. The minimum Gasteiger partial charge on any atom is -0.350 e. The molecule has 0 saturated carbocycles.